The van der Waals surface area contributed by atoms with Crippen molar-refractivity contribution in [2.75, 3.05) is 6.61 Å². The highest BCUT2D eigenvalue weighted by Gasteiger charge is 2.21. The summed E-state index contributed by atoms with van der Waals surface area (Å²) < 4.78 is 4.18. The predicted molar refractivity (Wildman–Crippen MR) is 103 cm³/mol. The zero-order valence-corrected chi connectivity index (χ0v) is 17.8. The first-order valence-corrected chi connectivity index (χ1v) is 10.1. The molecule has 0 bridgehead atoms. The van der Waals surface area contributed by atoms with Crippen LogP contribution in [-0.4, -0.2) is 32.6 Å². The number of ether oxygens (including phenoxy) is 1. The second-order valence-electron chi connectivity index (χ2n) is 5.24. The molecule has 1 aromatic rings. The van der Waals surface area contributed by atoms with E-state index in [1.165, 1.54) is 11.3 Å². The maximum atomic E-state index is 11.5. The fraction of sp³-hybridized carbons (Fsp3) is 0.600. The molecule has 0 aliphatic carbocycles. The van der Waals surface area contributed by atoms with Gasteiger partial charge in [-0.3, -0.25) is 4.79 Å². The Kier molecular flexibility index (Phi) is 10.2. The van der Waals surface area contributed by atoms with Crippen LogP contribution in [0.5, 0.6) is 0 Å². The molecule has 0 spiro atoms. The zero-order valence-electron chi connectivity index (χ0n) is 13.1. The van der Waals surface area contributed by atoms with Crippen molar-refractivity contribution >= 4 is 68.0 Å². The van der Waals surface area contributed by atoms with Gasteiger partial charge in [-0.05, 0) is 36.7 Å². The van der Waals surface area contributed by atoms with Crippen molar-refractivity contribution in [3.8, 4) is 0 Å². The quantitative estimate of drug-likeness (QED) is 0.309. The minimum absolute atomic E-state index is 0.239. The van der Waals surface area contributed by atoms with Gasteiger partial charge < -0.3 is 9.84 Å². The largest absolute Gasteiger partial charge is 0.461 e. The van der Waals surface area contributed by atoms with Gasteiger partial charge in [0.15, 0.2) is 0 Å². The lowest BCUT2D eigenvalue weighted by atomic mass is 10.1. The molecule has 1 heterocycles. The van der Waals surface area contributed by atoms with E-state index >= 15 is 0 Å². The van der Waals surface area contributed by atoms with Crippen LogP contribution < -0.4 is 0 Å². The summed E-state index contributed by atoms with van der Waals surface area (Å²) >= 11 is 21.3. The third kappa shape index (κ3) is 10.9. The Bertz CT molecular complexity index is 556. The number of halogens is 4. The number of aliphatic hydroxyl groups excluding tert-OH is 1. The SMILES string of the molecule is CC(Br)=C[C@H](O)Cc1nc(CCCCC(=O)OCC(Cl)(Cl)Cl)cs1. The van der Waals surface area contributed by atoms with Crippen LogP contribution in [0, 0.1) is 0 Å². The zero-order chi connectivity index (χ0) is 18.2. The molecular formula is C15H19BrCl3NO3S. The standard InChI is InChI=1S/C15H19BrCl3NO3S/c1-10(16)6-12(21)7-13-20-11(8-24-13)4-2-3-5-14(22)23-9-15(17,18)19/h6,8,12,21H,2-5,7,9H2,1H3/t12-/m0/s1. The van der Waals surface area contributed by atoms with Crippen LogP contribution in [0.3, 0.4) is 0 Å². The average molecular weight is 480 g/mol. The smallest absolute Gasteiger partial charge is 0.305 e. The van der Waals surface area contributed by atoms with E-state index in [0.717, 1.165) is 28.0 Å². The Balaban J connectivity index is 2.24. The Morgan fingerprint density at radius 3 is 2.83 bits per heavy atom. The molecule has 0 fully saturated rings. The lowest BCUT2D eigenvalue weighted by Crippen LogP contribution is -2.17. The molecule has 9 heteroatoms. The number of carbonyl (C=O) groups excluding carboxylic acids is 1. The van der Waals surface area contributed by atoms with Crippen LogP contribution in [-0.2, 0) is 22.4 Å². The van der Waals surface area contributed by atoms with Gasteiger partial charge in [0.1, 0.15) is 6.61 Å². The highest BCUT2D eigenvalue weighted by Crippen LogP contribution is 2.26. The molecule has 0 amide bonds. The van der Waals surface area contributed by atoms with E-state index in [4.69, 9.17) is 39.5 Å². The van der Waals surface area contributed by atoms with E-state index in [-0.39, 0.29) is 19.0 Å². The first kappa shape index (κ1) is 22.2. The average Bonchev–Trinajstić information content (AvgIpc) is 2.87. The van der Waals surface area contributed by atoms with Crippen LogP contribution >= 0.6 is 62.1 Å². The molecule has 1 atom stereocenters. The molecule has 0 aromatic carbocycles. The Labute approximate surface area is 169 Å². The molecule has 1 N–H and O–H groups in total. The lowest BCUT2D eigenvalue weighted by Gasteiger charge is -2.10. The molecule has 0 aliphatic rings. The van der Waals surface area contributed by atoms with Gasteiger partial charge in [0, 0.05) is 18.2 Å². The number of allylic oxidation sites excluding steroid dienone is 1. The topological polar surface area (TPSA) is 59.4 Å². The van der Waals surface area contributed by atoms with Crippen molar-refractivity contribution in [2.45, 2.75) is 48.9 Å². The fourth-order valence-corrected chi connectivity index (χ4v) is 3.22. The molecule has 4 nitrogen and oxygen atoms in total. The second kappa shape index (κ2) is 11.0. The van der Waals surface area contributed by atoms with Crippen LogP contribution in [0.4, 0.5) is 0 Å². The summed E-state index contributed by atoms with van der Waals surface area (Å²) in [5.41, 5.74) is 0.969. The summed E-state index contributed by atoms with van der Waals surface area (Å²) in [6, 6.07) is 0. The maximum Gasteiger partial charge on any atom is 0.305 e. The molecule has 0 saturated heterocycles. The summed E-state index contributed by atoms with van der Waals surface area (Å²) in [6.45, 7) is 1.63. The fourth-order valence-electron chi connectivity index (χ4n) is 1.87. The maximum absolute atomic E-state index is 11.5. The number of unbranched alkanes of at least 4 members (excludes halogenated alkanes) is 1. The number of carbonyl (C=O) groups is 1. The molecule has 1 rings (SSSR count). The minimum Gasteiger partial charge on any atom is -0.461 e. The van der Waals surface area contributed by atoms with E-state index in [0.29, 0.717) is 12.8 Å². The number of esters is 1. The highest BCUT2D eigenvalue weighted by atomic mass is 79.9. The van der Waals surface area contributed by atoms with E-state index < -0.39 is 9.90 Å². The number of hydrogen-bond acceptors (Lipinski definition) is 5. The van der Waals surface area contributed by atoms with Gasteiger partial charge in [-0.25, -0.2) is 4.98 Å². The van der Waals surface area contributed by atoms with Crippen molar-refractivity contribution in [2.24, 2.45) is 0 Å². The van der Waals surface area contributed by atoms with Crippen molar-refractivity contribution < 1.29 is 14.6 Å². The normalized spacial score (nSPS) is 13.8. The number of nitrogens with zero attached hydrogens (tertiary/aromatic N) is 1. The van der Waals surface area contributed by atoms with Gasteiger partial charge in [0.05, 0.1) is 16.8 Å². The first-order valence-electron chi connectivity index (χ1n) is 7.33. The minimum atomic E-state index is -1.57. The van der Waals surface area contributed by atoms with Crippen molar-refractivity contribution in [1.82, 2.24) is 4.98 Å². The van der Waals surface area contributed by atoms with Crippen LogP contribution in [0.15, 0.2) is 15.9 Å². The van der Waals surface area contributed by atoms with Crippen LogP contribution in [0.2, 0.25) is 0 Å². The van der Waals surface area contributed by atoms with Crippen molar-refractivity contribution in [3.05, 3.63) is 26.6 Å². The second-order valence-corrected chi connectivity index (χ2v) is 9.95. The Morgan fingerprint density at radius 1 is 1.50 bits per heavy atom. The summed E-state index contributed by atoms with van der Waals surface area (Å²) in [5, 5.41) is 12.7. The first-order chi connectivity index (χ1) is 11.2. The van der Waals surface area contributed by atoms with E-state index in [9.17, 15) is 9.90 Å². The van der Waals surface area contributed by atoms with Crippen molar-refractivity contribution in [1.29, 1.82) is 0 Å². The van der Waals surface area contributed by atoms with Crippen LogP contribution in [0.25, 0.3) is 0 Å². The van der Waals surface area contributed by atoms with Gasteiger partial charge in [-0.2, -0.15) is 0 Å². The predicted octanol–water partition coefficient (Wildman–Crippen LogP) is 4.97. The van der Waals surface area contributed by atoms with Gasteiger partial charge >= 0.3 is 5.97 Å². The molecule has 1 aromatic heterocycles. The summed E-state index contributed by atoms with van der Waals surface area (Å²) in [4.78, 5) is 16.0. The van der Waals surface area contributed by atoms with E-state index in [1.807, 2.05) is 12.3 Å². The van der Waals surface area contributed by atoms with Crippen LogP contribution in [0.1, 0.15) is 36.9 Å². The number of alkyl halides is 3. The summed E-state index contributed by atoms with van der Waals surface area (Å²) in [5.74, 6) is -0.375. The van der Waals surface area contributed by atoms with Gasteiger partial charge in [-0.1, -0.05) is 50.7 Å². The number of rotatable bonds is 9. The molecule has 0 aliphatic heterocycles. The monoisotopic (exact) mass is 477 g/mol. The van der Waals surface area contributed by atoms with Crippen molar-refractivity contribution in [3.63, 3.8) is 0 Å². The molecule has 136 valence electrons. The van der Waals surface area contributed by atoms with Gasteiger partial charge in [0.25, 0.3) is 0 Å². The Morgan fingerprint density at radius 2 is 2.21 bits per heavy atom. The number of aryl methyl sites for hydroxylation is 1. The lowest BCUT2D eigenvalue weighted by molar-refractivity contribution is -0.143. The third-order valence-corrected chi connectivity index (χ3v) is 4.38. The molecule has 24 heavy (non-hydrogen) atoms. The number of thiazole rings is 1. The van der Waals surface area contributed by atoms with E-state index in [1.54, 1.807) is 6.08 Å². The number of aromatic nitrogens is 1. The molecular weight excluding hydrogens is 460 g/mol. The molecule has 0 saturated carbocycles. The van der Waals surface area contributed by atoms with Gasteiger partial charge in [0.2, 0.25) is 3.79 Å². The number of hydrogen-bond donors (Lipinski definition) is 1. The highest BCUT2D eigenvalue weighted by molar-refractivity contribution is 9.11. The number of aliphatic hydroxyl groups is 1. The summed E-state index contributed by atoms with van der Waals surface area (Å²) in [7, 11) is 0. The third-order valence-electron chi connectivity index (χ3n) is 2.87. The summed E-state index contributed by atoms with van der Waals surface area (Å²) in [6.07, 6.45) is 4.25. The Hall–Kier alpha value is 0.150. The molecule has 0 radical (unpaired) electrons. The van der Waals surface area contributed by atoms with E-state index in [2.05, 4.69) is 20.9 Å². The van der Waals surface area contributed by atoms with Gasteiger partial charge in [-0.15, -0.1) is 11.3 Å². The molecule has 0 unspecified atom stereocenters.